The standard InChI is InChI=1S/C15H10O2S/c16-15(17)11-5-6-14-13(8-11)7-10-3-1-2-4-12(10)9-18-14/h1-9H,(H,16,17). The molecule has 0 bridgehead atoms. The predicted octanol–water partition coefficient (Wildman–Crippen LogP) is 2.06. The van der Waals surface area contributed by atoms with Crippen LogP contribution in [0.1, 0.15) is 15.9 Å². The van der Waals surface area contributed by atoms with E-state index in [0.29, 0.717) is 5.56 Å². The number of fused-ring (bicyclic) bond motifs is 2. The van der Waals surface area contributed by atoms with Gasteiger partial charge < -0.3 is 5.11 Å². The van der Waals surface area contributed by atoms with Gasteiger partial charge in [-0.05, 0) is 45.7 Å². The van der Waals surface area contributed by atoms with Crippen LogP contribution in [0.25, 0.3) is 11.5 Å². The van der Waals surface area contributed by atoms with E-state index in [0.717, 1.165) is 20.9 Å². The molecule has 0 unspecified atom stereocenters. The zero-order chi connectivity index (χ0) is 12.5. The molecule has 1 aliphatic rings. The van der Waals surface area contributed by atoms with E-state index >= 15 is 0 Å². The van der Waals surface area contributed by atoms with Crippen LogP contribution in [0.5, 0.6) is 0 Å². The molecule has 18 heavy (non-hydrogen) atoms. The van der Waals surface area contributed by atoms with E-state index < -0.39 is 5.97 Å². The van der Waals surface area contributed by atoms with Gasteiger partial charge in [0.2, 0.25) is 0 Å². The number of hydrogen-bond donors (Lipinski definition) is 1. The van der Waals surface area contributed by atoms with E-state index in [1.807, 2.05) is 30.3 Å². The molecule has 0 amide bonds. The van der Waals surface area contributed by atoms with Crippen LogP contribution in [0.15, 0.2) is 47.4 Å². The van der Waals surface area contributed by atoms with E-state index in [1.165, 1.54) is 0 Å². The Morgan fingerprint density at radius 3 is 2.61 bits per heavy atom. The van der Waals surface area contributed by atoms with Crippen molar-refractivity contribution in [1.29, 1.82) is 0 Å². The summed E-state index contributed by atoms with van der Waals surface area (Å²) in [6.07, 6.45) is 2.04. The maximum absolute atomic E-state index is 11.0. The molecule has 1 aliphatic heterocycles. The van der Waals surface area contributed by atoms with Gasteiger partial charge >= 0.3 is 5.97 Å². The van der Waals surface area contributed by atoms with Gasteiger partial charge in [-0.25, -0.2) is 4.79 Å². The summed E-state index contributed by atoms with van der Waals surface area (Å²) in [6, 6.07) is 13.3. The van der Waals surface area contributed by atoms with Crippen LogP contribution in [0, 0.1) is 0 Å². The summed E-state index contributed by atoms with van der Waals surface area (Å²) in [5, 5.41) is 13.4. The molecule has 1 heterocycles. The summed E-state index contributed by atoms with van der Waals surface area (Å²) in [5.41, 5.74) is 1.28. The first kappa shape index (κ1) is 11.1. The summed E-state index contributed by atoms with van der Waals surface area (Å²) in [7, 11) is 0. The molecule has 0 aromatic heterocycles. The average molecular weight is 254 g/mol. The summed E-state index contributed by atoms with van der Waals surface area (Å²) in [4.78, 5) is 12.1. The molecule has 0 aliphatic carbocycles. The van der Waals surface area contributed by atoms with Gasteiger partial charge in [0.1, 0.15) is 0 Å². The summed E-state index contributed by atoms with van der Waals surface area (Å²) in [6.45, 7) is 0. The highest BCUT2D eigenvalue weighted by Crippen LogP contribution is 2.26. The fourth-order valence-electron chi connectivity index (χ4n) is 1.95. The molecular formula is C15H10O2S. The van der Waals surface area contributed by atoms with E-state index in [-0.39, 0.29) is 0 Å². The number of carboxylic acid groups (broad SMARTS) is 1. The topological polar surface area (TPSA) is 37.3 Å². The minimum absolute atomic E-state index is 0.324. The van der Waals surface area contributed by atoms with Crippen LogP contribution < -0.4 is 10.4 Å². The quantitative estimate of drug-likeness (QED) is 0.846. The van der Waals surface area contributed by atoms with Crippen molar-refractivity contribution < 1.29 is 9.90 Å². The zero-order valence-electron chi connectivity index (χ0n) is 9.46. The van der Waals surface area contributed by atoms with Crippen molar-refractivity contribution >= 4 is 29.2 Å². The monoisotopic (exact) mass is 254 g/mol. The second-order valence-electron chi connectivity index (χ2n) is 4.07. The molecule has 3 rings (SSSR count). The molecule has 0 fully saturated rings. The molecule has 2 aromatic carbocycles. The Bertz CT molecular complexity index is 747. The van der Waals surface area contributed by atoms with E-state index in [2.05, 4.69) is 11.5 Å². The Kier molecular flexibility index (Phi) is 2.68. The van der Waals surface area contributed by atoms with E-state index in [4.69, 9.17) is 5.11 Å². The van der Waals surface area contributed by atoms with Crippen molar-refractivity contribution in [3.8, 4) is 0 Å². The molecular weight excluding hydrogens is 244 g/mol. The number of carbonyl (C=O) groups is 1. The smallest absolute Gasteiger partial charge is 0.335 e. The van der Waals surface area contributed by atoms with Gasteiger partial charge in [-0.3, -0.25) is 0 Å². The molecule has 0 radical (unpaired) electrons. The Hall–Kier alpha value is -2.00. The molecule has 3 heteroatoms. The lowest BCUT2D eigenvalue weighted by Crippen LogP contribution is -2.22. The molecule has 2 nitrogen and oxygen atoms in total. The molecule has 0 atom stereocenters. The van der Waals surface area contributed by atoms with Gasteiger partial charge in [0, 0.05) is 4.90 Å². The van der Waals surface area contributed by atoms with Crippen LogP contribution in [0.3, 0.4) is 0 Å². The lowest BCUT2D eigenvalue weighted by atomic mass is 10.1. The normalized spacial score (nSPS) is 12.4. The Balaban J connectivity index is 2.26. The molecule has 0 saturated heterocycles. The number of aromatic carboxylic acids is 1. The van der Waals surface area contributed by atoms with Crippen LogP contribution in [0.4, 0.5) is 0 Å². The first-order valence-corrected chi connectivity index (χ1v) is 6.43. The highest BCUT2D eigenvalue weighted by molar-refractivity contribution is 8.06. The van der Waals surface area contributed by atoms with Gasteiger partial charge in [-0.1, -0.05) is 36.0 Å². The van der Waals surface area contributed by atoms with E-state index in [9.17, 15) is 4.79 Å². The summed E-state index contributed by atoms with van der Waals surface area (Å²) in [5.74, 6) is -0.891. The lowest BCUT2D eigenvalue weighted by molar-refractivity contribution is 0.0697. The molecule has 0 saturated carbocycles. The van der Waals surface area contributed by atoms with Crippen molar-refractivity contribution in [2.45, 2.75) is 4.90 Å². The van der Waals surface area contributed by atoms with Crippen molar-refractivity contribution in [2.24, 2.45) is 0 Å². The van der Waals surface area contributed by atoms with Crippen molar-refractivity contribution in [1.82, 2.24) is 0 Å². The highest BCUT2D eigenvalue weighted by Gasteiger charge is 2.08. The molecule has 1 N–H and O–H groups in total. The number of hydrogen-bond acceptors (Lipinski definition) is 2. The molecule has 88 valence electrons. The van der Waals surface area contributed by atoms with Crippen molar-refractivity contribution in [3.05, 3.63) is 64.0 Å². The van der Waals surface area contributed by atoms with Crippen molar-refractivity contribution in [2.75, 3.05) is 0 Å². The minimum atomic E-state index is -0.891. The SMILES string of the molecule is O=C(O)c1ccc2c(c1)C=c1ccccc1=CS2. The van der Waals surface area contributed by atoms with E-state index in [1.54, 1.807) is 23.9 Å². The minimum Gasteiger partial charge on any atom is -0.478 e. The van der Waals surface area contributed by atoms with Gasteiger partial charge in [0.25, 0.3) is 0 Å². The van der Waals surface area contributed by atoms with Gasteiger partial charge in [0.15, 0.2) is 0 Å². The number of thioether (sulfide) groups is 1. The number of rotatable bonds is 1. The van der Waals surface area contributed by atoms with Crippen LogP contribution in [0.2, 0.25) is 0 Å². The van der Waals surface area contributed by atoms with Crippen LogP contribution >= 0.6 is 11.8 Å². The molecule has 2 aromatic rings. The van der Waals surface area contributed by atoms with Crippen molar-refractivity contribution in [3.63, 3.8) is 0 Å². The van der Waals surface area contributed by atoms with Gasteiger partial charge in [0.05, 0.1) is 5.56 Å². The Labute approximate surface area is 108 Å². The Morgan fingerprint density at radius 1 is 1.06 bits per heavy atom. The summed E-state index contributed by atoms with van der Waals surface area (Å²) < 4.78 is 0. The summed E-state index contributed by atoms with van der Waals surface area (Å²) >= 11 is 1.62. The lowest BCUT2D eigenvalue weighted by Gasteiger charge is -2.03. The first-order valence-electron chi connectivity index (χ1n) is 5.55. The van der Waals surface area contributed by atoms with Gasteiger partial charge in [-0.15, -0.1) is 0 Å². The predicted molar refractivity (Wildman–Crippen MR) is 73.0 cm³/mol. The fourth-order valence-corrected chi connectivity index (χ4v) is 2.81. The largest absolute Gasteiger partial charge is 0.478 e. The third kappa shape index (κ3) is 1.93. The second kappa shape index (κ2) is 4.35. The highest BCUT2D eigenvalue weighted by atomic mass is 32.2. The maximum Gasteiger partial charge on any atom is 0.335 e. The van der Waals surface area contributed by atoms with Crippen LogP contribution in [-0.2, 0) is 0 Å². The molecule has 0 spiro atoms. The fraction of sp³-hybridized carbons (Fsp3) is 0. The van der Waals surface area contributed by atoms with Crippen LogP contribution in [-0.4, -0.2) is 11.1 Å². The average Bonchev–Trinajstić information content (AvgIpc) is 2.56. The third-order valence-corrected chi connectivity index (χ3v) is 3.87. The number of carboxylic acids is 1. The maximum atomic E-state index is 11.0. The second-order valence-corrected chi connectivity index (χ2v) is 4.98. The Morgan fingerprint density at radius 2 is 1.83 bits per heavy atom. The first-order chi connectivity index (χ1) is 8.74. The number of benzene rings is 2. The van der Waals surface area contributed by atoms with Gasteiger partial charge in [-0.2, -0.15) is 0 Å². The zero-order valence-corrected chi connectivity index (χ0v) is 10.3. The third-order valence-electron chi connectivity index (χ3n) is 2.88.